The van der Waals surface area contributed by atoms with Gasteiger partial charge in [0.25, 0.3) is 0 Å². The van der Waals surface area contributed by atoms with Crippen molar-refractivity contribution < 1.29 is 0 Å². The molecule has 0 spiro atoms. The van der Waals surface area contributed by atoms with Crippen LogP contribution in [-0.4, -0.2) is 19.6 Å². The van der Waals surface area contributed by atoms with Gasteiger partial charge < -0.3 is 0 Å². The summed E-state index contributed by atoms with van der Waals surface area (Å²) >= 11 is 0. The van der Waals surface area contributed by atoms with Crippen molar-refractivity contribution in [2.75, 3.05) is 13.3 Å². The molecule has 0 saturated carbocycles. The Kier molecular flexibility index (Phi) is 5.84. The smallest absolute Gasteiger partial charge is 0 e. The summed E-state index contributed by atoms with van der Waals surface area (Å²) in [6.45, 7) is 4.31. The van der Waals surface area contributed by atoms with Crippen LogP contribution < -0.4 is 0 Å². The predicted octanol–water partition coefficient (Wildman–Crippen LogP) is 0.892. The third kappa shape index (κ3) is 11.4. The van der Waals surface area contributed by atoms with Crippen molar-refractivity contribution in [3.8, 4) is 0 Å². The molecule has 0 radical (unpaired) electrons. The topological polar surface area (TPSA) is 0 Å². The monoisotopic (exact) mass is 343 g/mol. The summed E-state index contributed by atoms with van der Waals surface area (Å²) in [5.41, 5.74) is 0. The Morgan fingerprint density at radius 1 is 1.40 bits per heavy atom. The largest absolute Gasteiger partial charge is 0.131 e. The minimum absolute atomic E-state index is 0. The van der Waals surface area contributed by atoms with Crippen molar-refractivity contribution >= 4 is 13.8 Å². The van der Waals surface area contributed by atoms with Crippen LogP contribution in [0.25, 0.3) is 0 Å². The Labute approximate surface area is 28.2 Å². The molecule has 0 N–H and O–H groups in total. The number of rotatable bonds is 0. The van der Waals surface area contributed by atoms with E-state index in [0.717, 1.165) is 0 Å². The molecule has 0 bridgehead atoms. The second-order valence-electron chi connectivity index (χ2n) is 1.21. The van der Waals surface area contributed by atoms with E-state index in [4.69, 9.17) is 0 Å². The van der Waals surface area contributed by atoms with Gasteiger partial charge in [0.2, 0.25) is 0 Å². The Morgan fingerprint density at radius 2 is 1.40 bits per heavy atom. The number of hydrogen-bond donors (Lipinski definition) is 0. The van der Waals surface area contributed by atoms with Crippen LogP contribution in [0.3, 0.4) is 0 Å². The van der Waals surface area contributed by atoms with Crippen LogP contribution in [0.4, 0.5) is 0 Å². The summed E-state index contributed by atoms with van der Waals surface area (Å²) in [5.74, 6) is 0. The van der Waals surface area contributed by atoms with E-state index in [2.05, 4.69) is 19.6 Å². The summed E-state index contributed by atoms with van der Waals surface area (Å²) in [6, 6.07) is 0. The van der Waals surface area contributed by atoms with Crippen molar-refractivity contribution in [3.63, 3.8) is 0 Å². The van der Waals surface area contributed by atoms with Gasteiger partial charge in [-0.15, -0.1) is 13.8 Å². The maximum atomic E-state index is 3.74. The van der Waals surface area contributed by atoms with Crippen LogP contribution in [-0.2, 0) is 0 Å². The maximum Gasteiger partial charge on any atom is 0 e. The van der Waals surface area contributed by atoms with Gasteiger partial charge in [-0.1, -0.05) is 0 Å². The van der Waals surface area contributed by atoms with Crippen molar-refractivity contribution in [2.45, 2.75) is 0 Å². The van der Waals surface area contributed by atoms with Crippen LogP contribution in [0.15, 0.2) is 0 Å². The molecule has 0 heterocycles. The first-order valence-corrected chi connectivity index (χ1v) is 4.06. The molecule has 0 aromatic carbocycles. The second-order valence-corrected chi connectivity index (χ2v) is 3.62. The zero-order valence-electron chi connectivity index (χ0n) is 3.91. The van der Waals surface area contributed by atoms with Gasteiger partial charge in [0.15, 0.2) is 0 Å². The molecule has 0 aromatic heterocycles. The van der Waals surface area contributed by atoms with Gasteiger partial charge in [0.05, 0.1) is 0 Å². The van der Waals surface area contributed by atoms with Crippen LogP contribution in [0.1, 0.15) is 0 Å². The van der Waals surface area contributed by atoms with Crippen molar-refractivity contribution in [1.29, 1.82) is 0 Å². The van der Waals surface area contributed by atoms with E-state index in [1.807, 2.05) is 0 Å². The van der Waals surface area contributed by atoms with Crippen molar-refractivity contribution in [3.05, 3.63) is 0 Å². The molecule has 0 fully saturated rings. The van der Waals surface area contributed by atoms with Gasteiger partial charge >= 0.3 is 0 Å². The average molecular weight is 343 g/mol. The molecule has 0 saturated heterocycles. The Balaban J connectivity index is 0. The van der Waals surface area contributed by atoms with E-state index >= 15 is 0 Å². The molecule has 0 aromatic rings. The third-order valence-electron chi connectivity index (χ3n) is 0. The van der Waals surface area contributed by atoms with Gasteiger partial charge in [0, 0.05) is 0 Å². The molecule has 0 aliphatic carbocycles. The first-order valence-electron chi connectivity index (χ1n) is 1.35. The van der Waals surface area contributed by atoms with Gasteiger partial charge in [-0.2, -0.15) is 0 Å². The molecule has 2 heteroatoms. The summed E-state index contributed by atoms with van der Waals surface area (Å²) in [4.78, 5) is 0. The SMILES string of the molecule is C=[PH](C)C.[Rf]. The molecule has 0 amide bonds. The minimum Gasteiger partial charge on any atom is -0.131 e. The predicted molar refractivity (Wildman–Crippen MR) is 27.3 cm³/mol. The number of hydrogen-bond acceptors (Lipinski definition) is 0. The minimum atomic E-state index is -0.130. The van der Waals surface area contributed by atoms with Gasteiger partial charge in [-0.3, -0.25) is 0 Å². The van der Waals surface area contributed by atoms with E-state index in [0.29, 0.717) is 0 Å². The van der Waals surface area contributed by atoms with Gasteiger partial charge in [-0.25, -0.2) is 0 Å². The van der Waals surface area contributed by atoms with E-state index in [1.54, 1.807) is 0 Å². The summed E-state index contributed by atoms with van der Waals surface area (Å²) < 4.78 is 0. The molecule has 0 aliphatic heterocycles. The summed E-state index contributed by atoms with van der Waals surface area (Å²) in [6.07, 6.45) is 3.74. The fraction of sp³-hybridized carbons (Fsp3) is 0.667. The zero-order valence-corrected chi connectivity index (χ0v) is 11.3. The molecule has 0 aliphatic rings. The van der Waals surface area contributed by atoms with Crippen LogP contribution in [0, 0.1) is 0 Å². The first-order chi connectivity index (χ1) is 1.73. The maximum absolute atomic E-state index is 3.74. The van der Waals surface area contributed by atoms with E-state index in [1.165, 1.54) is 0 Å². The molecular weight excluding hydrogens is 334 g/mol. The normalized spacial score (nSPS) is 7.00. The molecule has 0 nitrogen and oxygen atoms in total. The zero-order chi connectivity index (χ0) is 3.58. The van der Waals surface area contributed by atoms with Crippen LogP contribution in [0.5, 0.6) is 0 Å². The van der Waals surface area contributed by atoms with E-state index in [-0.39, 0.29) is 7.55 Å². The molecular formula is C3H9PRf. The second kappa shape index (κ2) is 3.30. The van der Waals surface area contributed by atoms with E-state index in [9.17, 15) is 0 Å². The molecule has 0 atom stereocenters. The van der Waals surface area contributed by atoms with Gasteiger partial charge in [0.1, 0.15) is 0 Å². The third-order valence-corrected chi connectivity index (χ3v) is 0. The fourth-order valence-corrected chi connectivity index (χ4v) is 0. The van der Waals surface area contributed by atoms with Crippen molar-refractivity contribution in [2.24, 2.45) is 0 Å². The fourth-order valence-electron chi connectivity index (χ4n) is 0. The van der Waals surface area contributed by atoms with Gasteiger partial charge in [-0.05, 0) is 13.3 Å². The van der Waals surface area contributed by atoms with Crippen molar-refractivity contribution in [1.82, 2.24) is 0 Å². The van der Waals surface area contributed by atoms with Crippen LogP contribution >= 0.6 is 7.55 Å². The van der Waals surface area contributed by atoms with Crippen LogP contribution in [0.2, 0.25) is 0 Å². The Hall–Kier alpha value is -0.700. The average Bonchev–Trinajstić information content (AvgIpc) is 0.811. The quantitative estimate of drug-likeness (QED) is 0.574. The standard InChI is InChI=1S/C3H9P.Rf/c1-4(2)3;/h4H,1H2,2-3H3;. The molecule has 0 rings (SSSR count). The Bertz CT molecular complexity index is 29.9. The molecule has 0 unspecified atom stereocenters. The van der Waals surface area contributed by atoms with E-state index < -0.39 is 0 Å². The molecule has 28 valence electrons. The summed E-state index contributed by atoms with van der Waals surface area (Å²) in [7, 11) is -0.130. The Morgan fingerprint density at radius 3 is 1.40 bits per heavy atom. The summed E-state index contributed by atoms with van der Waals surface area (Å²) in [5, 5.41) is 0. The first kappa shape index (κ1) is 8.85. The molecule has 5 heavy (non-hydrogen) atoms.